The first-order chi connectivity index (χ1) is 16.6. The molecule has 0 aromatic rings. The largest absolute Gasteiger partial charge is 0.465 e. The van der Waals surface area contributed by atoms with E-state index >= 15 is 0 Å². The van der Waals surface area contributed by atoms with Gasteiger partial charge in [0.15, 0.2) is 0 Å². The van der Waals surface area contributed by atoms with Crippen LogP contribution in [0.1, 0.15) is 66.2 Å². The summed E-state index contributed by atoms with van der Waals surface area (Å²) < 4.78 is 27.1. The Hall–Kier alpha value is -2.79. The molecule has 2 saturated carbocycles. The number of fused-ring (bicyclic) bond motifs is 1. The molecule has 3 aliphatic rings. The molecule has 1 aliphatic heterocycles. The molecule has 2 aliphatic carbocycles. The SMILES string of the molecule is CC(F)(F)CCC(NC(=O)C1C2CCC2CN1C(=O)C(NC(=O)O)C(C)(C)C)C(=O)C(=O)NC1CC1. The summed E-state index contributed by atoms with van der Waals surface area (Å²) in [6.45, 7) is 6.04. The van der Waals surface area contributed by atoms with E-state index in [0.29, 0.717) is 13.3 Å². The highest BCUT2D eigenvalue weighted by Gasteiger charge is 2.54. The average Bonchev–Trinajstić information content (AvgIpc) is 3.50. The van der Waals surface area contributed by atoms with Gasteiger partial charge in [-0.3, -0.25) is 19.2 Å². The van der Waals surface area contributed by atoms with Gasteiger partial charge in [0.05, 0.1) is 6.04 Å². The standard InChI is InChI=1S/C24H36F2N4O6/c1-23(2,3)18(29-22(35)36)21(34)30-11-12-5-8-14(12)16(30)19(32)28-15(9-10-24(4,25)26)17(31)20(33)27-13-6-7-13/h12-16,18,29H,5-11H2,1-4H3,(H,27,33)(H,28,32)(H,35,36). The zero-order valence-electron chi connectivity index (χ0n) is 21.1. The van der Waals surface area contributed by atoms with E-state index in [2.05, 4.69) is 16.0 Å². The van der Waals surface area contributed by atoms with Crippen LogP contribution in [0.3, 0.4) is 0 Å². The van der Waals surface area contributed by atoms with Crippen LogP contribution in [0, 0.1) is 17.3 Å². The summed E-state index contributed by atoms with van der Waals surface area (Å²) in [6, 6.07) is -3.70. The summed E-state index contributed by atoms with van der Waals surface area (Å²) in [4.78, 5) is 64.7. The zero-order valence-corrected chi connectivity index (χ0v) is 21.1. The van der Waals surface area contributed by atoms with Gasteiger partial charge >= 0.3 is 6.09 Å². The van der Waals surface area contributed by atoms with Crippen molar-refractivity contribution in [2.45, 2.75) is 96.3 Å². The minimum atomic E-state index is -3.10. The van der Waals surface area contributed by atoms with E-state index in [0.717, 1.165) is 19.3 Å². The number of amides is 4. The highest BCUT2D eigenvalue weighted by atomic mass is 19.3. The maximum absolute atomic E-state index is 13.6. The number of hydrogen-bond donors (Lipinski definition) is 4. The second kappa shape index (κ2) is 10.3. The minimum Gasteiger partial charge on any atom is -0.465 e. The summed E-state index contributed by atoms with van der Waals surface area (Å²) in [5.41, 5.74) is -0.787. The minimum absolute atomic E-state index is 0.0439. The van der Waals surface area contributed by atoms with Crippen LogP contribution in [0.15, 0.2) is 0 Å². The van der Waals surface area contributed by atoms with Crippen LogP contribution >= 0.6 is 0 Å². The Morgan fingerprint density at radius 1 is 1.00 bits per heavy atom. The molecule has 1 heterocycles. The second-order valence-corrected chi connectivity index (χ2v) is 11.5. The molecule has 0 bridgehead atoms. The molecule has 36 heavy (non-hydrogen) atoms. The summed E-state index contributed by atoms with van der Waals surface area (Å²) in [7, 11) is 0. The van der Waals surface area contributed by atoms with Crippen molar-refractivity contribution in [3.63, 3.8) is 0 Å². The van der Waals surface area contributed by atoms with Gasteiger partial charge < -0.3 is 26.0 Å². The number of alkyl halides is 2. The van der Waals surface area contributed by atoms with E-state index in [9.17, 15) is 37.9 Å². The topological polar surface area (TPSA) is 145 Å². The lowest BCUT2D eigenvalue weighted by Crippen LogP contribution is -2.60. The zero-order chi connectivity index (χ0) is 27.0. The number of nitrogens with one attached hydrogen (secondary N) is 3. The molecule has 0 spiro atoms. The lowest BCUT2D eigenvalue weighted by Gasteiger charge is -2.36. The Kier molecular flexibility index (Phi) is 7.95. The molecule has 202 valence electrons. The van der Waals surface area contributed by atoms with Crippen molar-refractivity contribution in [1.29, 1.82) is 0 Å². The smallest absolute Gasteiger partial charge is 0.405 e. The van der Waals surface area contributed by atoms with Crippen molar-refractivity contribution in [1.82, 2.24) is 20.9 Å². The first-order valence-electron chi connectivity index (χ1n) is 12.4. The molecule has 5 atom stereocenters. The van der Waals surface area contributed by atoms with Gasteiger partial charge in [-0.05, 0) is 56.3 Å². The summed E-state index contributed by atoms with van der Waals surface area (Å²) in [5.74, 6) is -6.44. The molecule has 3 fully saturated rings. The second-order valence-electron chi connectivity index (χ2n) is 11.5. The van der Waals surface area contributed by atoms with E-state index in [1.165, 1.54) is 4.90 Å². The molecule has 4 N–H and O–H groups in total. The third kappa shape index (κ3) is 6.70. The molecule has 0 aromatic carbocycles. The maximum atomic E-state index is 13.6. The molecule has 1 saturated heterocycles. The molecule has 12 heteroatoms. The van der Waals surface area contributed by atoms with Crippen LogP contribution in [0.4, 0.5) is 13.6 Å². The van der Waals surface area contributed by atoms with E-state index in [1.807, 2.05) is 0 Å². The maximum Gasteiger partial charge on any atom is 0.405 e. The quantitative estimate of drug-likeness (QED) is 0.327. The fourth-order valence-corrected chi connectivity index (χ4v) is 4.90. The highest BCUT2D eigenvalue weighted by Crippen LogP contribution is 2.45. The number of halogens is 2. The van der Waals surface area contributed by atoms with Crippen molar-refractivity contribution in [2.75, 3.05) is 6.54 Å². The number of rotatable bonds is 10. The Balaban J connectivity index is 1.80. The fraction of sp³-hybridized carbons (Fsp3) is 0.792. The van der Waals surface area contributed by atoms with Crippen molar-refractivity contribution in [2.24, 2.45) is 17.3 Å². The third-order valence-electron chi connectivity index (χ3n) is 7.22. The van der Waals surface area contributed by atoms with Crippen LogP contribution < -0.4 is 16.0 Å². The Morgan fingerprint density at radius 2 is 1.64 bits per heavy atom. The molecule has 0 aromatic heterocycles. The number of ketones is 1. The normalized spacial score (nSPS) is 25.2. The number of hydrogen-bond acceptors (Lipinski definition) is 5. The van der Waals surface area contributed by atoms with Gasteiger partial charge in [-0.15, -0.1) is 0 Å². The Labute approximate surface area is 208 Å². The summed E-state index contributed by atoms with van der Waals surface area (Å²) in [5, 5.41) is 16.5. The number of carbonyl (C=O) groups excluding carboxylic acids is 4. The Bertz CT molecular complexity index is 911. The van der Waals surface area contributed by atoms with Gasteiger partial charge in [-0.2, -0.15) is 0 Å². The third-order valence-corrected chi connectivity index (χ3v) is 7.22. The lowest BCUT2D eigenvalue weighted by atomic mass is 9.73. The predicted octanol–water partition coefficient (Wildman–Crippen LogP) is 1.67. The van der Waals surface area contributed by atoms with Crippen LogP contribution in [0.2, 0.25) is 0 Å². The average molecular weight is 515 g/mol. The molecular weight excluding hydrogens is 478 g/mol. The van der Waals surface area contributed by atoms with Gasteiger partial charge in [0.1, 0.15) is 12.1 Å². The fourth-order valence-electron chi connectivity index (χ4n) is 4.90. The number of likely N-dealkylation sites (tertiary alicyclic amines) is 1. The van der Waals surface area contributed by atoms with E-state index in [4.69, 9.17) is 0 Å². The van der Waals surface area contributed by atoms with Crippen molar-refractivity contribution in [3.05, 3.63) is 0 Å². The monoisotopic (exact) mass is 514 g/mol. The van der Waals surface area contributed by atoms with Gasteiger partial charge in [0, 0.05) is 19.0 Å². The van der Waals surface area contributed by atoms with Gasteiger partial charge in [0.2, 0.25) is 23.5 Å². The summed E-state index contributed by atoms with van der Waals surface area (Å²) in [6.07, 6.45) is 0.376. The van der Waals surface area contributed by atoms with Gasteiger partial charge in [-0.25, -0.2) is 13.6 Å². The van der Waals surface area contributed by atoms with E-state index in [1.54, 1.807) is 20.8 Å². The van der Waals surface area contributed by atoms with Gasteiger partial charge in [-0.1, -0.05) is 20.8 Å². The van der Waals surface area contributed by atoms with Crippen molar-refractivity contribution >= 4 is 29.6 Å². The number of nitrogens with zero attached hydrogens (tertiary/aromatic N) is 1. The first-order valence-corrected chi connectivity index (χ1v) is 12.4. The predicted molar refractivity (Wildman–Crippen MR) is 124 cm³/mol. The van der Waals surface area contributed by atoms with Crippen LogP contribution in [-0.2, 0) is 19.2 Å². The highest BCUT2D eigenvalue weighted by molar-refractivity contribution is 6.38. The van der Waals surface area contributed by atoms with Crippen LogP contribution in [-0.4, -0.2) is 76.2 Å². The number of carboxylic acid groups (broad SMARTS) is 1. The molecule has 4 amide bonds. The van der Waals surface area contributed by atoms with Crippen molar-refractivity contribution < 1.29 is 37.9 Å². The number of carbonyl (C=O) groups is 5. The molecule has 10 nitrogen and oxygen atoms in total. The van der Waals surface area contributed by atoms with E-state index < -0.39 is 71.9 Å². The van der Waals surface area contributed by atoms with Crippen LogP contribution in [0.5, 0.6) is 0 Å². The van der Waals surface area contributed by atoms with Gasteiger partial charge in [0.25, 0.3) is 5.91 Å². The summed E-state index contributed by atoms with van der Waals surface area (Å²) >= 11 is 0. The molecule has 0 radical (unpaired) electrons. The molecule has 3 rings (SSSR count). The van der Waals surface area contributed by atoms with Crippen molar-refractivity contribution in [3.8, 4) is 0 Å². The van der Waals surface area contributed by atoms with Crippen LogP contribution in [0.25, 0.3) is 0 Å². The molecular formula is C24H36F2N4O6. The Morgan fingerprint density at radius 3 is 2.11 bits per heavy atom. The number of Topliss-reactive ketones (excluding diaryl/α,β-unsaturated/α-hetero) is 1. The van der Waals surface area contributed by atoms with E-state index in [-0.39, 0.29) is 24.4 Å². The molecule has 5 unspecified atom stereocenters. The lowest BCUT2D eigenvalue weighted by molar-refractivity contribution is -0.145. The first kappa shape index (κ1) is 27.8.